The Bertz CT molecular complexity index is 602. The highest BCUT2D eigenvalue weighted by atomic mass is 35.5. The molecule has 0 fully saturated rings. The van der Waals surface area contributed by atoms with Gasteiger partial charge >= 0.3 is 5.97 Å². The summed E-state index contributed by atoms with van der Waals surface area (Å²) in [5, 5.41) is 8.74. The third-order valence-electron chi connectivity index (χ3n) is 2.33. The number of carbonyl (C=O) groups is 1. The van der Waals surface area contributed by atoms with Gasteiger partial charge in [-0.15, -0.1) is 4.80 Å². The van der Waals surface area contributed by atoms with Crippen molar-refractivity contribution >= 4 is 29.2 Å². The predicted octanol–water partition coefficient (Wildman–Crippen LogP) is 3.06. The summed E-state index contributed by atoms with van der Waals surface area (Å²) in [6.07, 6.45) is 1.59. The van der Waals surface area contributed by atoms with Crippen molar-refractivity contribution in [3.63, 3.8) is 0 Å². The Kier molecular flexibility index (Phi) is 4.07. The largest absolute Gasteiger partial charge is 0.462 e. The van der Waals surface area contributed by atoms with E-state index in [9.17, 15) is 4.79 Å². The van der Waals surface area contributed by atoms with Crippen LogP contribution in [0.1, 0.15) is 23.0 Å². The smallest absolute Gasteiger partial charge is 0.338 e. The van der Waals surface area contributed by atoms with Crippen molar-refractivity contribution < 1.29 is 9.53 Å². The summed E-state index contributed by atoms with van der Waals surface area (Å²) >= 11 is 12.3. The van der Waals surface area contributed by atoms with Gasteiger partial charge in [0.05, 0.1) is 34.1 Å². The Morgan fingerprint density at radius 2 is 2.00 bits per heavy atom. The average molecular weight is 300 g/mol. The molecular formula is C12H11Cl2N3O2. The molecule has 0 N–H and O–H groups in total. The number of hydrogen-bond acceptors (Lipinski definition) is 4. The maximum atomic E-state index is 11.6. The van der Waals surface area contributed by atoms with Gasteiger partial charge in [-0.3, -0.25) is 0 Å². The van der Waals surface area contributed by atoms with Crippen molar-refractivity contribution in [2.75, 3.05) is 6.61 Å². The molecule has 0 bridgehead atoms. The number of hydrogen-bond donors (Lipinski definition) is 0. The Balaban J connectivity index is 2.46. The standard InChI is InChI=1S/C12H11Cl2N3O2/c1-3-19-12(18)8-4-9(13)11(10(14)5-8)17-15-6-7(2)16-17/h4-6H,3H2,1-2H3. The van der Waals surface area contributed by atoms with Gasteiger partial charge < -0.3 is 4.74 Å². The first-order chi connectivity index (χ1) is 9.02. The fraction of sp³-hybridized carbons (Fsp3) is 0.250. The monoisotopic (exact) mass is 299 g/mol. The fourth-order valence-corrected chi connectivity index (χ4v) is 2.17. The van der Waals surface area contributed by atoms with E-state index in [1.807, 2.05) is 0 Å². The number of aryl methyl sites for hydroxylation is 1. The Morgan fingerprint density at radius 3 is 2.47 bits per heavy atom. The van der Waals surface area contributed by atoms with Crippen molar-refractivity contribution in [2.24, 2.45) is 0 Å². The van der Waals surface area contributed by atoms with E-state index in [2.05, 4.69) is 10.2 Å². The van der Waals surface area contributed by atoms with Crippen molar-refractivity contribution in [2.45, 2.75) is 13.8 Å². The molecule has 0 radical (unpaired) electrons. The number of benzene rings is 1. The SMILES string of the molecule is CCOC(=O)c1cc(Cl)c(-n2ncc(C)n2)c(Cl)c1. The minimum atomic E-state index is -0.470. The van der Waals surface area contributed by atoms with E-state index in [-0.39, 0.29) is 16.7 Å². The number of halogens is 2. The molecule has 100 valence electrons. The van der Waals surface area contributed by atoms with Crippen LogP contribution in [-0.2, 0) is 4.74 Å². The molecule has 7 heteroatoms. The quantitative estimate of drug-likeness (QED) is 0.817. The van der Waals surface area contributed by atoms with Crippen LogP contribution < -0.4 is 0 Å². The molecule has 0 unspecified atom stereocenters. The second-order valence-corrected chi connectivity index (χ2v) is 4.60. The summed E-state index contributed by atoms with van der Waals surface area (Å²) in [5.41, 5.74) is 1.47. The summed E-state index contributed by atoms with van der Waals surface area (Å²) in [6, 6.07) is 2.97. The Labute approximate surface area is 120 Å². The summed E-state index contributed by atoms with van der Waals surface area (Å²) < 4.78 is 4.89. The fourth-order valence-electron chi connectivity index (χ4n) is 1.54. The molecule has 19 heavy (non-hydrogen) atoms. The summed E-state index contributed by atoms with van der Waals surface area (Å²) in [5.74, 6) is -0.470. The van der Waals surface area contributed by atoms with Crippen LogP contribution in [0, 0.1) is 6.92 Å². The van der Waals surface area contributed by atoms with Crippen molar-refractivity contribution in [1.29, 1.82) is 0 Å². The minimum absolute atomic E-state index is 0.283. The summed E-state index contributed by atoms with van der Waals surface area (Å²) in [4.78, 5) is 13.0. The van der Waals surface area contributed by atoms with E-state index in [4.69, 9.17) is 27.9 Å². The normalized spacial score (nSPS) is 10.5. The lowest BCUT2D eigenvalue weighted by atomic mass is 10.2. The second-order valence-electron chi connectivity index (χ2n) is 3.78. The van der Waals surface area contributed by atoms with E-state index >= 15 is 0 Å². The number of rotatable bonds is 3. The van der Waals surface area contributed by atoms with Crippen molar-refractivity contribution in [3.05, 3.63) is 39.6 Å². The molecule has 2 aromatic rings. The molecule has 1 aromatic heterocycles. The third kappa shape index (κ3) is 2.88. The molecule has 0 saturated heterocycles. The first-order valence-corrected chi connectivity index (χ1v) is 6.34. The van der Waals surface area contributed by atoms with E-state index in [0.29, 0.717) is 11.3 Å². The molecule has 0 amide bonds. The zero-order chi connectivity index (χ0) is 14.0. The maximum absolute atomic E-state index is 11.6. The number of nitrogens with zero attached hydrogens (tertiary/aromatic N) is 3. The molecule has 0 atom stereocenters. The van der Waals surface area contributed by atoms with Crippen LogP contribution in [-0.4, -0.2) is 27.6 Å². The zero-order valence-electron chi connectivity index (χ0n) is 10.4. The molecule has 1 heterocycles. The van der Waals surface area contributed by atoms with Gasteiger partial charge in [0.1, 0.15) is 5.69 Å². The van der Waals surface area contributed by atoms with E-state index in [1.165, 1.54) is 16.9 Å². The minimum Gasteiger partial charge on any atom is -0.462 e. The molecule has 2 rings (SSSR count). The molecular weight excluding hydrogens is 289 g/mol. The maximum Gasteiger partial charge on any atom is 0.338 e. The van der Waals surface area contributed by atoms with Crippen molar-refractivity contribution in [1.82, 2.24) is 15.0 Å². The van der Waals surface area contributed by atoms with E-state index in [0.717, 1.165) is 5.69 Å². The van der Waals surface area contributed by atoms with Gasteiger partial charge in [-0.05, 0) is 26.0 Å². The van der Waals surface area contributed by atoms with Gasteiger partial charge in [-0.1, -0.05) is 23.2 Å². The lowest BCUT2D eigenvalue weighted by Crippen LogP contribution is -2.07. The molecule has 0 aliphatic rings. The van der Waals surface area contributed by atoms with E-state index in [1.54, 1.807) is 20.0 Å². The van der Waals surface area contributed by atoms with Crippen LogP contribution >= 0.6 is 23.2 Å². The van der Waals surface area contributed by atoms with Crippen LogP contribution in [0.5, 0.6) is 0 Å². The van der Waals surface area contributed by atoms with Crippen LogP contribution in [0.3, 0.4) is 0 Å². The van der Waals surface area contributed by atoms with Gasteiger partial charge in [0.2, 0.25) is 0 Å². The molecule has 0 spiro atoms. The summed E-state index contributed by atoms with van der Waals surface area (Å²) in [6.45, 7) is 3.82. The number of ether oxygens (including phenoxy) is 1. The highest BCUT2D eigenvalue weighted by molar-refractivity contribution is 6.38. The second kappa shape index (κ2) is 5.59. The molecule has 5 nitrogen and oxygen atoms in total. The molecule has 0 aliphatic heterocycles. The third-order valence-corrected chi connectivity index (χ3v) is 2.91. The highest BCUT2D eigenvalue weighted by Gasteiger charge is 2.16. The topological polar surface area (TPSA) is 57.0 Å². The van der Waals surface area contributed by atoms with Crippen molar-refractivity contribution in [3.8, 4) is 5.69 Å². The number of aromatic nitrogens is 3. The van der Waals surface area contributed by atoms with Crippen LogP contribution in [0.15, 0.2) is 18.3 Å². The van der Waals surface area contributed by atoms with Gasteiger partial charge in [0.15, 0.2) is 0 Å². The first-order valence-electron chi connectivity index (χ1n) is 5.58. The van der Waals surface area contributed by atoms with Gasteiger partial charge in [0.25, 0.3) is 0 Å². The van der Waals surface area contributed by atoms with E-state index < -0.39 is 5.97 Å². The first kappa shape index (κ1) is 13.8. The average Bonchev–Trinajstić information content (AvgIpc) is 2.75. The lowest BCUT2D eigenvalue weighted by Gasteiger charge is -2.08. The van der Waals surface area contributed by atoms with Gasteiger partial charge in [-0.25, -0.2) is 4.79 Å². The van der Waals surface area contributed by atoms with Gasteiger partial charge in [0, 0.05) is 0 Å². The number of carbonyl (C=O) groups excluding carboxylic acids is 1. The highest BCUT2D eigenvalue weighted by Crippen LogP contribution is 2.29. The predicted molar refractivity (Wildman–Crippen MR) is 72.1 cm³/mol. The van der Waals surface area contributed by atoms with Crippen LogP contribution in [0.25, 0.3) is 5.69 Å². The van der Waals surface area contributed by atoms with Crippen LogP contribution in [0.4, 0.5) is 0 Å². The number of esters is 1. The molecule has 1 aromatic carbocycles. The van der Waals surface area contributed by atoms with Gasteiger partial charge in [-0.2, -0.15) is 10.2 Å². The summed E-state index contributed by atoms with van der Waals surface area (Å²) in [7, 11) is 0. The Morgan fingerprint density at radius 1 is 1.37 bits per heavy atom. The molecule has 0 aliphatic carbocycles. The zero-order valence-corrected chi connectivity index (χ0v) is 11.9. The Hall–Kier alpha value is -1.59. The molecule has 0 saturated carbocycles. The lowest BCUT2D eigenvalue weighted by molar-refractivity contribution is 0.0526. The van der Waals surface area contributed by atoms with Crippen LogP contribution in [0.2, 0.25) is 10.0 Å².